The second-order valence-electron chi connectivity index (χ2n) is 3.00. The van der Waals surface area contributed by atoms with E-state index in [4.69, 9.17) is 0 Å². The van der Waals surface area contributed by atoms with Crippen molar-refractivity contribution in [2.45, 2.75) is 19.6 Å². The molecule has 0 aliphatic heterocycles. The quantitative estimate of drug-likeness (QED) is 0.631. The molecule has 0 N–H and O–H groups in total. The summed E-state index contributed by atoms with van der Waals surface area (Å²) in [6, 6.07) is 7.71. The highest BCUT2D eigenvalue weighted by atomic mass is 79.9. The first-order valence-corrected chi connectivity index (χ1v) is 5.67. The zero-order valence-corrected chi connectivity index (χ0v) is 11.4. The molecule has 0 saturated heterocycles. The van der Waals surface area contributed by atoms with Crippen molar-refractivity contribution in [2.75, 3.05) is 14.2 Å². The molecule has 0 fully saturated rings. The van der Waals surface area contributed by atoms with Crippen LogP contribution in [-0.4, -0.2) is 26.8 Å². The van der Waals surface area contributed by atoms with E-state index in [0.717, 1.165) is 16.3 Å². The first-order valence-electron chi connectivity index (χ1n) is 4.88. The van der Waals surface area contributed by atoms with Gasteiger partial charge in [0.2, 0.25) is 0 Å². The van der Waals surface area contributed by atoms with E-state index < -0.39 is 0 Å². The third-order valence-corrected chi connectivity index (χ3v) is 2.70. The predicted octanol–water partition coefficient (Wildman–Crippen LogP) is 2.82. The van der Waals surface area contributed by atoms with Gasteiger partial charge in [-0.2, -0.15) is 0 Å². The Morgan fingerprint density at radius 1 is 1.31 bits per heavy atom. The number of hydrogen-bond donors (Lipinski definition) is 0. The molecule has 3 nitrogen and oxygen atoms in total. The Labute approximate surface area is 105 Å². The fourth-order valence-electron chi connectivity index (χ4n) is 0.850. The molecule has 1 rings (SSSR count). The van der Waals surface area contributed by atoms with Gasteiger partial charge in [0.1, 0.15) is 6.29 Å². The Morgan fingerprint density at radius 2 is 1.88 bits per heavy atom. The molecule has 0 aromatic heterocycles. The van der Waals surface area contributed by atoms with Gasteiger partial charge in [-0.15, -0.1) is 0 Å². The Kier molecular flexibility index (Phi) is 9.09. The summed E-state index contributed by atoms with van der Waals surface area (Å²) in [5, 5.41) is 0. The number of carbonyl (C=O) groups is 1. The summed E-state index contributed by atoms with van der Waals surface area (Å²) in [4.78, 5) is 10.1. The SMILES string of the molecule is COC(C)OC.O=CCc1ccccc1Br. The van der Waals surface area contributed by atoms with Gasteiger partial charge in [0.25, 0.3) is 0 Å². The van der Waals surface area contributed by atoms with Crippen LogP contribution in [0.4, 0.5) is 0 Å². The highest BCUT2D eigenvalue weighted by molar-refractivity contribution is 9.10. The minimum atomic E-state index is -0.0648. The van der Waals surface area contributed by atoms with Crippen LogP contribution in [0.2, 0.25) is 0 Å². The van der Waals surface area contributed by atoms with Gasteiger partial charge < -0.3 is 14.3 Å². The lowest BCUT2D eigenvalue weighted by atomic mass is 10.2. The van der Waals surface area contributed by atoms with Crippen LogP contribution in [0.15, 0.2) is 28.7 Å². The van der Waals surface area contributed by atoms with Gasteiger partial charge in [0, 0.05) is 25.1 Å². The first-order chi connectivity index (χ1) is 7.65. The average Bonchev–Trinajstić information content (AvgIpc) is 2.32. The molecule has 0 aliphatic carbocycles. The molecule has 16 heavy (non-hydrogen) atoms. The molecule has 0 heterocycles. The zero-order valence-electron chi connectivity index (χ0n) is 9.77. The van der Waals surface area contributed by atoms with Crippen LogP contribution in [-0.2, 0) is 20.7 Å². The number of carbonyl (C=O) groups excluding carboxylic acids is 1. The average molecular weight is 289 g/mol. The number of halogens is 1. The number of hydrogen-bond acceptors (Lipinski definition) is 3. The topological polar surface area (TPSA) is 35.5 Å². The van der Waals surface area contributed by atoms with E-state index in [1.54, 1.807) is 14.2 Å². The van der Waals surface area contributed by atoms with E-state index in [-0.39, 0.29) is 6.29 Å². The van der Waals surface area contributed by atoms with Crippen LogP contribution < -0.4 is 0 Å². The van der Waals surface area contributed by atoms with Gasteiger partial charge in [-0.1, -0.05) is 34.1 Å². The summed E-state index contributed by atoms with van der Waals surface area (Å²) in [7, 11) is 3.21. The molecule has 0 unspecified atom stereocenters. The predicted molar refractivity (Wildman–Crippen MR) is 67.4 cm³/mol. The van der Waals surface area contributed by atoms with E-state index >= 15 is 0 Å². The number of rotatable bonds is 4. The van der Waals surface area contributed by atoms with Crippen LogP contribution in [0.1, 0.15) is 12.5 Å². The molecule has 0 amide bonds. The second-order valence-corrected chi connectivity index (χ2v) is 3.86. The lowest BCUT2D eigenvalue weighted by Crippen LogP contribution is -2.05. The highest BCUT2D eigenvalue weighted by Crippen LogP contribution is 2.14. The molecule has 0 atom stereocenters. The molecule has 0 saturated carbocycles. The van der Waals surface area contributed by atoms with E-state index in [2.05, 4.69) is 25.4 Å². The summed E-state index contributed by atoms with van der Waals surface area (Å²) in [6.07, 6.45) is 1.33. The second kappa shape index (κ2) is 9.51. The lowest BCUT2D eigenvalue weighted by Gasteiger charge is -2.03. The van der Waals surface area contributed by atoms with Crippen molar-refractivity contribution < 1.29 is 14.3 Å². The lowest BCUT2D eigenvalue weighted by molar-refractivity contribution is -0.107. The van der Waals surface area contributed by atoms with Crippen LogP contribution in [0.25, 0.3) is 0 Å². The van der Waals surface area contributed by atoms with E-state index in [1.807, 2.05) is 31.2 Å². The maximum absolute atomic E-state index is 10.1. The Bertz CT molecular complexity index is 298. The summed E-state index contributed by atoms with van der Waals surface area (Å²) < 4.78 is 10.4. The molecular weight excluding hydrogens is 272 g/mol. The van der Waals surface area contributed by atoms with Crippen LogP contribution in [0.3, 0.4) is 0 Å². The Morgan fingerprint density at radius 3 is 2.25 bits per heavy atom. The summed E-state index contributed by atoms with van der Waals surface area (Å²) in [5.74, 6) is 0. The smallest absolute Gasteiger partial charge is 0.154 e. The van der Waals surface area contributed by atoms with E-state index in [1.165, 1.54) is 0 Å². The fourth-order valence-corrected chi connectivity index (χ4v) is 1.30. The number of methoxy groups -OCH3 is 2. The highest BCUT2D eigenvalue weighted by Gasteiger charge is 1.94. The molecule has 1 aromatic rings. The first kappa shape index (κ1) is 15.3. The zero-order chi connectivity index (χ0) is 12.4. The van der Waals surface area contributed by atoms with E-state index in [0.29, 0.717) is 6.42 Å². The van der Waals surface area contributed by atoms with Crippen LogP contribution >= 0.6 is 15.9 Å². The maximum Gasteiger partial charge on any atom is 0.154 e. The number of ether oxygens (including phenoxy) is 2. The van der Waals surface area contributed by atoms with Crippen LogP contribution in [0, 0.1) is 0 Å². The summed E-state index contributed by atoms with van der Waals surface area (Å²) >= 11 is 3.34. The number of benzene rings is 1. The van der Waals surface area contributed by atoms with Crippen molar-refractivity contribution in [3.8, 4) is 0 Å². The van der Waals surface area contributed by atoms with E-state index in [9.17, 15) is 4.79 Å². The minimum Gasteiger partial charge on any atom is -0.356 e. The molecule has 0 aliphatic rings. The molecule has 0 spiro atoms. The molecule has 90 valence electrons. The van der Waals surface area contributed by atoms with Gasteiger partial charge >= 0.3 is 0 Å². The largest absolute Gasteiger partial charge is 0.356 e. The monoisotopic (exact) mass is 288 g/mol. The minimum absolute atomic E-state index is 0.0648. The summed E-state index contributed by atoms with van der Waals surface area (Å²) in [6.45, 7) is 1.83. The van der Waals surface area contributed by atoms with Crippen molar-refractivity contribution in [3.05, 3.63) is 34.3 Å². The maximum atomic E-state index is 10.1. The van der Waals surface area contributed by atoms with Crippen molar-refractivity contribution in [1.29, 1.82) is 0 Å². The van der Waals surface area contributed by atoms with Crippen molar-refractivity contribution in [2.24, 2.45) is 0 Å². The third kappa shape index (κ3) is 6.71. The van der Waals surface area contributed by atoms with Gasteiger partial charge in [0.05, 0.1) is 0 Å². The molecule has 1 aromatic carbocycles. The van der Waals surface area contributed by atoms with Gasteiger partial charge in [-0.25, -0.2) is 0 Å². The van der Waals surface area contributed by atoms with Crippen LogP contribution in [0.5, 0.6) is 0 Å². The fraction of sp³-hybridized carbons (Fsp3) is 0.417. The third-order valence-electron chi connectivity index (χ3n) is 1.92. The molecular formula is C12H17BrO3. The van der Waals surface area contributed by atoms with Crippen molar-refractivity contribution >= 4 is 22.2 Å². The molecule has 0 bridgehead atoms. The van der Waals surface area contributed by atoms with Gasteiger partial charge in [-0.05, 0) is 18.6 Å². The molecule has 4 heteroatoms. The van der Waals surface area contributed by atoms with Crippen molar-refractivity contribution in [3.63, 3.8) is 0 Å². The normalized spacial score (nSPS) is 9.56. The summed E-state index contributed by atoms with van der Waals surface area (Å²) in [5.41, 5.74) is 1.04. The standard InChI is InChI=1S/C8H7BrO.C4H10O2/c9-8-4-2-1-3-7(8)5-6-10;1-4(5-2)6-3/h1-4,6H,5H2;4H,1-3H3. The van der Waals surface area contributed by atoms with Gasteiger partial charge in [0.15, 0.2) is 6.29 Å². The Hall–Kier alpha value is -0.710. The van der Waals surface area contributed by atoms with Gasteiger partial charge in [-0.3, -0.25) is 0 Å². The van der Waals surface area contributed by atoms with Crippen molar-refractivity contribution in [1.82, 2.24) is 0 Å². The molecule has 0 radical (unpaired) electrons. The Balaban J connectivity index is 0.000000325. The number of aldehydes is 1.